The average Bonchev–Trinajstić information content (AvgIpc) is 2.25. The maximum absolute atomic E-state index is 13.3. The summed E-state index contributed by atoms with van der Waals surface area (Å²) in [5.74, 6) is -3.08. The second kappa shape index (κ2) is 5.53. The van der Waals surface area contributed by atoms with Crippen molar-refractivity contribution in [2.45, 2.75) is 0 Å². The van der Waals surface area contributed by atoms with Gasteiger partial charge in [-0.2, -0.15) is 0 Å². The van der Waals surface area contributed by atoms with Crippen molar-refractivity contribution in [3.8, 4) is 0 Å². The fourth-order valence-corrected chi connectivity index (χ4v) is 1.44. The van der Waals surface area contributed by atoms with Gasteiger partial charge >= 0.3 is 0 Å². The maximum atomic E-state index is 13.3. The Kier molecular flexibility index (Phi) is 4.33. The summed E-state index contributed by atoms with van der Waals surface area (Å²) in [6.07, 6.45) is 1.84. The largest absolute Gasteiger partial charge is 0.394 e. The van der Waals surface area contributed by atoms with Gasteiger partial charge in [0.2, 0.25) is 0 Å². The fourth-order valence-electron chi connectivity index (χ4n) is 1.01. The lowest BCUT2D eigenvalue weighted by Gasteiger charge is -2.07. The van der Waals surface area contributed by atoms with Crippen molar-refractivity contribution in [3.05, 3.63) is 40.0 Å². The van der Waals surface area contributed by atoms with E-state index in [4.69, 9.17) is 11.1 Å². The van der Waals surface area contributed by atoms with Gasteiger partial charge in [0.15, 0.2) is 11.6 Å². The molecule has 4 N–H and O–H groups in total. The Morgan fingerprint density at radius 1 is 1.47 bits per heavy atom. The lowest BCUT2D eigenvalue weighted by Crippen LogP contribution is -2.21. The van der Waals surface area contributed by atoms with Crippen LogP contribution in [0.15, 0.2) is 28.4 Å². The Morgan fingerprint density at radius 2 is 2.12 bits per heavy atom. The summed E-state index contributed by atoms with van der Waals surface area (Å²) in [7, 11) is 0. The van der Waals surface area contributed by atoms with E-state index in [1.807, 2.05) is 0 Å². The third kappa shape index (κ3) is 3.35. The van der Waals surface area contributed by atoms with Crippen LogP contribution >= 0.6 is 15.9 Å². The van der Waals surface area contributed by atoms with Crippen LogP contribution in [0.4, 0.5) is 14.5 Å². The first kappa shape index (κ1) is 13.3. The quantitative estimate of drug-likeness (QED) is 0.454. The second-order valence-corrected chi connectivity index (χ2v) is 3.91. The molecule has 0 bridgehead atoms. The van der Waals surface area contributed by atoms with Crippen LogP contribution in [0.1, 0.15) is 0 Å². The van der Waals surface area contributed by atoms with Crippen molar-refractivity contribution in [2.24, 2.45) is 5.73 Å². The van der Waals surface area contributed by atoms with E-state index in [1.54, 1.807) is 0 Å². The van der Waals surface area contributed by atoms with E-state index in [9.17, 15) is 13.6 Å². The molecule has 0 aromatic heterocycles. The third-order valence-electron chi connectivity index (χ3n) is 1.77. The van der Waals surface area contributed by atoms with E-state index in [-0.39, 0.29) is 15.9 Å². The summed E-state index contributed by atoms with van der Waals surface area (Å²) >= 11 is 2.96. The minimum atomic E-state index is -1.18. The predicted octanol–water partition coefficient (Wildman–Crippen LogP) is 2.16. The Labute approximate surface area is 104 Å². The molecule has 1 amide bonds. The summed E-state index contributed by atoms with van der Waals surface area (Å²) in [6, 6.07) is 2.13. The monoisotopic (exact) mass is 303 g/mol. The van der Waals surface area contributed by atoms with E-state index in [2.05, 4.69) is 21.2 Å². The van der Waals surface area contributed by atoms with Gasteiger partial charge in [0.25, 0.3) is 5.91 Å². The zero-order valence-corrected chi connectivity index (χ0v) is 10.0. The number of benzene rings is 1. The highest BCUT2D eigenvalue weighted by atomic mass is 79.9. The smallest absolute Gasteiger partial charge is 0.271 e. The molecule has 0 radical (unpaired) electrons. The summed E-state index contributed by atoms with van der Waals surface area (Å²) in [5, 5.41) is 8.81. The summed E-state index contributed by atoms with van der Waals surface area (Å²) in [4.78, 5) is 11.4. The molecule has 1 rings (SSSR count). The molecule has 0 aliphatic rings. The Hall–Kier alpha value is -1.76. The Balaban J connectivity index is 3.00. The topological polar surface area (TPSA) is 79.0 Å². The predicted molar refractivity (Wildman–Crippen MR) is 63.7 cm³/mol. The number of hydrogen-bond acceptors (Lipinski definition) is 3. The summed E-state index contributed by atoms with van der Waals surface area (Å²) in [5.41, 5.74) is 4.66. The van der Waals surface area contributed by atoms with E-state index < -0.39 is 17.5 Å². The lowest BCUT2D eigenvalue weighted by molar-refractivity contribution is -0.112. The van der Waals surface area contributed by atoms with Crippen molar-refractivity contribution in [1.29, 1.82) is 5.41 Å². The van der Waals surface area contributed by atoms with Crippen molar-refractivity contribution >= 4 is 33.7 Å². The van der Waals surface area contributed by atoms with Crippen LogP contribution in [0, 0.1) is 17.0 Å². The van der Waals surface area contributed by atoms with Crippen LogP contribution in [-0.4, -0.2) is 12.1 Å². The summed E-state index contributed by atoms with van der Waals surface area (Å²) < 4.78 is 26.6. The Morgan fingerprint density at radius 3 is 2.71 bits per heavy atom. The van der Waals surface area contributed by atoms with Gasteiger partial charge < -0.3 is 16.5 Å². The second-order valence-electron chi connectivity index (χ2n) is 2.99. The Bertz CT molecular complexity index is 503. The minimum Gasteiger partial charge on any atom is -0.394 e. The molecule has 1 aromatic carbocycles. The number of rotatable bonds is 3. The molecule has 0 heterocycles. The van der Waals surface area contributed by atoms with Gasteiger partial charge in [0.05, 0.1) is 11.4 Å². The number of allylic oxidation sites excluding steroid dienone is 1. The zero-order chi connectivity index (χ0) is 13.0. The van der Waals surface area contributed by atoms with Crippen molar-refractivity contribution < 1.29 is 13.6 Å². The van der Waals surface area contributed by atoms with Crippen LogP contribution in [0.2, 0.25) is 0 Å². The van der Waals surface area contributed by atoms with Crippen molar-refractivity contribution in [2.75, 3.05) is 5.32 Å². The highest BCUT2D eigenvalue weighted by Crippen LogP contribution is 2.23. The fraction of sp³-hybridized carbons (Fsp3) is 0. The molecular formula is C10H8BrF2N3O. The van der Waals surface area contributed by atoms with E-state index in [0.717, 1.165) is 18.4 Å². The van der Waals surface area contributed by atoms with E-state index in [0.29, 0.717) is 0 Å². The molecule has 0 aliphatic carbocycles. The minimum absolute atomic E-state index is 0.278. The first-order valence-electron chi connectivity index (χ1n) is 4.38. The number of nitrogens with two attached hydrogens (primary N) is 1. The SMILES string of the molecule is N=C/C=C(\N)C(=O)Nc1cc(Br)cc(F)c1F. The number of hydrogen-bond donors (Lipinski definition) is 3. The molecular weight excluding hydrogens is 296 g/mol. The number of carbonyl (C=O) groups is 1. The molecule has 17 heavy (non-hydrogen) atoms. The third-order valence-corrected chi connectivity index (χ3v) is 2.22. The van der Waals surface area contributed by atoms with Crippen LogP contribution < -0.4 is 11.1 Å². The number of anilines is 1. The van der Waals surface area contributed by atoms with Gasteiger partial charge in [-0.25, -0.2) is 8.78 Å². The molecule has 1 aromatic rings. The first-order valence-corrected chi connectivity index (χ1v) is 5.17. The van der Waals surface area contributed by atoms with Gasteiger partial charge in [-0.15, -0.1) is 0 Å². The number of nitrogens with one attached hydrogen (secondary N) is 2. The molecule has 0 spiro atoms. The molecule has 0 atom stereocenters. The zero-order valence-electron chi connectivity index (χ0n) is 8.43. The van der Waals surface area contributed by atoms with Gasteiger partial charge in [0, 0.05) is 10.7 Å². The van der Waals surface area contributed by atoms with Gasteiger partial charge in [-0.1, -0.05) is 15.9 Å². The molecule has 90 valence electrons. The van der Waals surface area contributed by atoms with E-state index >= 15 is 0 Å². The highest BCUT2D eigenvalue weighted by molar-refractivity contribution is 9.10. The molecule has 7 heteroatoms. The van der Waals surface area contributed by atoms with Gasteiger partial charge in [0.1, 0.15) is 0 Å². The molecule has 0 fully saturated rings. The normalized spacial score (nSPS) is 11.1. The molecule has 0 aliphatic heterocycles. The van der Waals surface area contributed by atoms with Crippen LogP contribution in [0.3, 0.4) is 0 Å². The molecule has 0 saturated carbocycles. The van der Waals surface area contributed by atoms with Crippen molar-refractivity contribution in [3.63, 3.8) is 0 Å². The number of halogens is 3. The average molecular weight is 304 g/mol. The molecule has 4 nitrogen and oxygen atoms in total. The maximum Gasteiger partial charge on any atom is 0.271 e. The van der Waals surface area contributed by atoms with Crippen LogP contribution in [-0.2, 0) is 4.79 Å². The lowest BCUT2D eigenvalue weighted by atomic mass is 10.2. The number of amides is 1. The summed E-state index contributed by atoms with van der Waals surface area (Å²) in [6.45, 7) is 0. The van der Waals surface area contributed by atoms with Crippen LogP contribution in [0.25, 0.3) is 0 Å². The molecule has 0 unspecified atom stereocenters. The van der Waals surface area contributed by atoms with Crippen molar-refractivity contribution in [1.82, 2.24) is 0 Å². The first-order chi connectivity index (χ1) is 7.95. The van der Waals surface area contributed by atoms with Gasteiger partial charge in [-0.05, 0) is 18.2 Å². The standard InChI is InChI=1S/C10H8BrF2N3O/c11-5-3-6(12)9(13)8(4-5)16-10(17)7(15)1-2-14/h1-4,14H,15H2,(H,16,17)/b7-1-,14-2?. The van der Waals surface area contributed by atoms with E-state index in [1.165, 1.54) is 6.07 Å². The molecule has 0 saturated heterocycles. The highest BCUT2D eigenvalue weighted by Gasteiger charge is 2.13. The van der Waals surface area contributed by atoms with Gasteiger partial charge in [-0.3, -0.25) is 4.79 Å². The van der Waals surface area contributed by atoms with Crippen LogP contribution in [0.5, 0.6) is 0 Å². The number of carbonyl (C=O) groups excluding carboxylic acids is 1.